The van der Waals surface area contributed by atoms with Crippen LogP contribution in [0.25, 0.3) is 0 Å². The standard InChI is InChI=1S/C19H22BrN3O3/c1-12-9-14(20)6-7-15(12)22-13(2)11-26-16-10-21-23(18(16)19(22)24)17-5-3-4-8-25-17/h6-7,9-10,13,17H,3-5,8,11H2,1-2H3. The minimum absolute atomic E-state index is 0.0875. The maximum absolute atomic E-state index is 13.5. The summed E-state index contributed by atoms with van der Waals surface area (Å²) in [7, 11) is 0. The highest BCUT2D eigenvalue weighted by atomic mass is 79.9. The Morgan fingerprint density at radius 3 is 2.88 bits per heavy atom. The van der Waals surface area contributed by atoms with Crippen molar-refractivity contribution in [2.75, 3.05) is 18.1 Å². The predicted molar refractivity (Wildman–Crippen MR) is 102 cm³/mol. The number of anilines is 1. The molecule has 0 aliphatic carbocycles. The second-order valence-corrected chi connectivity index (χ2v) is 7.80. The van der Waals surface area contributed by atoms with Crippen LogP contribution in [0.5, 0.6) is 5.75 Å². The van der Waals surface area contributed by atoms with Crippen LogP contribution in [0.1, 0.15) is 48.5 Å². The zero-order valence-electron chi connectivity index (χ0n) is 14.9. The van der Waals surface area contributed by atoms with E-state index in [1.807, 2.05) is 36.9 Å². The van der Waals surface area contributed by atoms with Gasteiger partial charge < -0.3 is 14.4 Å². The normalized spacial score (nSPS) is 23.3. The Kier molecular flexibility index (Phi) is 4.75. The van der Waals surface area contributed by atoms with Gasteiger partial charge in [0.15, 0.2) is 17.7 Å². The van der Waals surface area contributed by atoms with Crippen LogP contribution < -0.4 is 9.64 Å². The number of nitrogens with zero attached hydrogens (tertiary/aromatic N) is 3. The molecular weight excluding hydrogens is 398 g/mol. The molecular formula is C19H22BrN3O3. The summed E-state index contributed by atoms with van der Waals surface area (Å²) in [5.74, 6) is 0.440. The van der Waals surface area contributed by atoms with Crippen molar-refractivity contribution in [3.05, 3.63) is 40.1 Å². The molecule has 2 atom stereocenters. The number of benzene rings is 1. The lowest BCUT2D eigenvalue weighted by Gasteiger charge is -2.29. The lowest BCUT2D eigenvalue weighted by atomic mass is 10.1. The minimum Gasteiger partial charge on any atom is -0.487 e. The molecule has 2 unspecified atom stereocenters. The molecule has 0 bridgehead atoms. The van der Waals surface area contributed by atoms with E-state index < -0.39 is 0 Å². The number of ether oxygens (including phenoxy) is 2. The van der Waals surface area contributed by atoms with E-state index in [1.54, 1.807) is 10.9 Å². The maximum Gasteiger partial charge on any atom is 0.280 e. The van der Waals surface area contributed by atoms with E-state index in [0.29, 0.717) is 24.7 Å². The van der Waals surface area contributed by atoms with Crippen LogP contribution in [0, 0.1) is 6.92 Å². The lowest BCUT2D eigenvalue weighted by Crippen LogP contribution is -2.41. The van der Waals surface area contributed by atoms with Gasteiger partial charge in [0.25, 0.3) is 5.91 Å². The zero-order chi connectivity index (χ0) is 18.3. The minimum atomic E-state index is -0.207. The van der Waals surface area contributed by atoms with Gasteiger partial charge in [-0.2, -0.15) is 5.10 Å². The van der Waals surface area contributed by atoms with Crippen LogP contribution in [-0.4, -0.2) is 34.9 Å². The number of aryl methyl sites for hydroxylation is 1. The van der Waals surface area contributed by atoms with Gasteiger partial charge in [-0.25, -0.2) is 4.68 Å². The Morgan fingerprint density at radius 1 is 1.31 bits per heavy atom. The highest BCUT2D eigenvalue weighted by molar-refractivity contribution is 9.10. The van der Waals surface area contributed by atoms with Gasteiger partial charge in [-0.1, -0.05) is 15.9 Å². The van der Waals surface area contributed by atoms with Crippen molar-refractivity contribution in [1.29, 1.82) is 0 Å². The molecule has 1 aromatic carbocycles. The van der Waals surface area contributed by atoms with Crippen molar-refractivity contribution in [3.8, 4) is 5.75 Å². The number of fused-ring (bicyclic) bond motifs is 1. The smallest absolute Gasteiger partial charge is 0.280 e. The van der Waals surface area contributed by atoms with Crippen LogP contribution in [-0.2, 0) is 4.74 Å². The molecule has 4 rings (SSSR count). The monoisotopic (exact) mass is 419 g/mol. The molecule has 0 saturated carbocycles. The Balaban J connectivity index is 1.77. The van der Waals surface area contributed by atoms with Crippen molar-refractivity contribution in [3.63, 3.8) is 0 Å². The third-order valence-corrected chi connectivity index (χ3v) is 5.44. The fraction of sp³-hybridized carbons (Fsp3) is 0.474. The molecule has 1 aromatic heterocycles. The van der Waals surface area contributed by atoms with Gasteiger partial charge in [0.1, 0.15) is 6.61 Å². The van der Waals surface area contributed by atoms with Crippen molar-refractivity contribution < 1.29 is 14.3 Å². The number of aromatic nitrogens is 2. The van der Waals surface area contributed by atoms with Crippen molar-refractivity contribution >= 4 is 27.5 Å². The molecule has 138 valence electrons. The van der Waals surface area contributed by atoms with Crippen molar-refractivity contribution in [2.45, 2.75) is 45.4 Å². The van der Waals surface area contributed by atoms with Gasteiger partial charge in [-0.15, -0.1) is 0 Å². The van der Waals surface area contributed by atoms with Crippen LogP contribution in [0.2, 0.25) is 0 Å². The summed E-state index contributed by atoms with van der Waals surface area (Å²) < 4.78 is 14.5. The molecule has 0 radical (unpaired) electrons. The largest absolute Gasteiger partial charge is 0.487 e. The summed E-state index contributed by atoms with van der Waals surface area (Å²) in [5.41, 5.74) is 2.39. The summed E-state index contributed by atoms with van der Waals surface area (Å²) in [6.07, 6.45) is 4.40. The number of carbonyl (C=O) groups is 1. The second kappa shape index (κ2) is 7.04. The van der Waals surface area contributed by atoms with Gasteiger partial charge in [0, 0.05) is 16.8 Å². The first kappa shape index (κ1) is 17.5. The Hall–Kier alpha value is -1.86. The molecule has 0 N–H and O–H groups in total. The highest BCUT2D eigenvalue weighted by Crippen LogP contribution is 2.34. The Morgan fingerprint density at radius 2 is 2.15 bits per heavy atom. The average molecular weight is 420 g/mol. The fourth-order valence-corrected chi connectivity index (χ4v) is 4.10. The van der Waals surface area contributed by atoms with Crippen LogP contribution in [0.3, 0.4) is 0 Å². The summed E-state index contributed by atoms with van der Waals surface area (Å²) in [6.45, 7) is 5.13. The predicted octanol–water partition coefficient (Wildman–Crippen LogP) is 4.08. The molecule has 1 amide bonds. The van der Waals surface area contributed by atoms with Crippen LogP contribution in [0.4, 0.5) is 5.69 Å². The van der Waals surface area contributed by atoms with Crippen LogP contribution >= 0.6 is 15.9 Å². The molecule has 2 aliphatic heterocycles. The van der Waals surface area contributed by atoms with E-state index in [-0.39, 0.29) is 18.2 Å². The van der Waals surface area contributed by atoms with E-state index in [1.165, 1.54) is 0 Å². The van der Waals surface area contributed by atoms with Gasteiger partial charge >= 0.3 is 0 Å². The molecule has 3 heterocycles. The second-order valence-electron chi connectivity index (χ2n) is 6.89. The summed E-state index contributed by atoms with van der Waals surface area (Å²) in [5, 5.41) is 4.41. The third kappa shape index (κ3) is 3.03. The highest BCUT2D eigenvalue weighted by Gasteiger charge is 2.36. The lowest BCUT2D eigenvalue weighted by molar-refractivity contribution is -0.0406. The zero-order valence-corrected chi connectivity index (χ0v) is 16.5. The summed E-state index contributed by atoms with van der Waals surface area (Å²) >= 11 is 3.49. The first-order valence-corrected chi connectivity index (χ1v) is 9.77. The average Bonchev–Trinajstić information content (AvgIpc) is 3.01. The van der Waals surface area contributed by atoms with E-state index in [9.17, 15) is 4.79 Å². The molecule has 1 fully saturated rings. The Bertz CT molecular complexity index is 829. The van der Waals surface area contributed by atoms with Gasteiger partial charge in [0.2, 0.25) is 0 Å². The van der Waals surface area contributed by atoms with Gasteiger partial charge in [-0.3, -0.25) is 4.79 Å². The van der Waals surface area contributed by atoms with E-state index >= 15 is 0 Å². The number of rotatable bonds is 2. The van der Waals surface area contributed by atoms with E-state index in [4.69, 9.17) is 9.47 Å². The van der Waals surface area contributed by atoms with Crippen LogP contribution in [0.15, 0.2) is 28.9 Å². The van der Waals surface area contributed by atoms with Gasteiger partial charge in [0.05, 0.1) is 12.2 Å². The Labute approximate surface area is 161 Å². The number of hydrogen-bond donors (Lipinski definition) is 0. The molecule has 2 aliphatic rings. The van der Waals surface area contributed by atoms with Crippen molar-refractivity contribution in [2.24, 2.45) is 0 Å². The quantitative estimate of drug-likeness (QED) is 0.735. The SMILES string of the molecule is Cc1cc(Br)ccc1N1C(=O)c2c(cnn2C2CCCCO2)OCC1C. The number of hydrogen-bond acceptors (Lipinski definition) is 4. The van der Waals surface area contributed by atoms with Crippen molar-refractivity contribution in [1.82, 2.24) is 9.78 Å². The first-order valence-electron chi connectivity index (χ1n) is 8.98. The van der Waals surface area contributed by atoms with E-state index in [0.717, 1.165) is 35.0 Å². The molecule has 7 heteroatoms. The number of halogens is 1. The molecule has 26 heavy (non-hydrogen) atoms. The first-order chi connectivity index (χ1) is 12.6. The third-order valence-electron chi connectivity index (χ3n) is 4.95. The van der Waals surface area contributed by atoms with Gasteiger partial charge in [-0.05, 0) is 56.9 Å². The topological polar surface area (TPSA) is 56.6 Å². The molecule has 2 aromatic rings. The number of carbonyl (C=O) groups excluding carboxylic acids is 1. The fourth-order valence-electron chi connectivity index (χ4n) is 3.63. The summed E-state index contributed by atoms with van der Waals surface area (Å²) in [4.78, 5) is 15.3. The number of amides is 1. The molecule has 6 nitrogen and oxygen atoms in total. The van der Waals surface area contributed by atoms with E-state index in [2.05, 4.69) is 21.0 Å². The molecule has 0 spiro atoms. The molecule has 1 saturated heterocycles. The summed E-state index contributed by atoms with van der Waals surface area (Å²) in [6, 6.07) is 5.85. The maximum atomic E-state index is 13.5.